The van der Waals surface area contributed by atoms with E-state index in [2.05, 4.69) is 20.3 Å². The van der Waals surface area contributed by atoms with E-state index in [0.29, 0.717) is 30.2 Å². The van der Waals surface area contributed by atoms with E-state index in [-0.39, 0.29) is 41.5 Å². The molecule has 1 saturated carbocycles. The number of carbonyl (C=O) groups is 1. The van der Waals surface area contributed by atoms with Crippen molar-refractivity contribution in [3.63, 3.8) is 0 Å². The summed E-state index contributed by atoms with van der Waals surface area (Å²) in [6.07, 6.45) is -0.771. The zero-order valence-corrected chi connectivity index (χ0v) is 20.2. The molecule has 0 spiro atoms. The number of hydrogen-bond acceptors (Lipinski definition) is 7. The lowest BCUT2D eigenvalue weighted by Gasteiger charge is -2.14. The van der Waals surface area contributed by atoms with Gasteiger partial charge in [-0.25, -0.2) is 4.98 Å². The summed E-state index contributed by atoms with van der Waals surface area (Å²) in [6, 6.07) is 5.32. The summed E-state index contributed by atoms with van der Waals surface area (Å²) in [5.74, 6) is 0.655. The Morgan fingerprint density at radius 3 is 2.64 bits per heavy atom. The summed E-state index contributed by atoms with van der Waals surface area (Å²) in [4.78, 5) is 17.1. The molecular weight excluding hydrogens is 473 g/mol. The molecule has 0 amide bonds. The molecule has 4 rings (SSSR count). The summed E-state index contributed by atoms with van der Waals surface area (Å²) in [6.45, 7) is 3.90. The Balaban J connectivity index is 1.49. The van der Waals surface area contributed by atoms with Crippen molar-refractivity contribution in [1.82, 2.24) is 25.0 Å². The summed E-state index contributed by atoms with van der Waals surface area (Å²) >= 11 is 0. The van der Waals surface area contributed by atoms with E-state index in [1.807, 2.05) is 13.0 Å². The molecule has 0 aromatic carbocycles. The van der Waals surface area contributed by atoms with Gasteiger partial charge in [-0.1, -0.05) is 0 Å². The molecule has 0 unspecified atom stereocenters. The summed E-state index contributed by atoms with van der Waals surface area (Å²) < 4.78 is 46.8. The van der Waals surface area contributed by atoms with Crippen LogP contribution in [0.3, 0.4) is 0 Å². The maximum Gasteiger partial charge on any atom is 0.435 e. The van der Waals surface area contributed by atoms with Gasteiger partial charge in [-0.3, -0.25) is 9.48 Å². The predicted molar refractivity (Wildman–Crippen MR) is 123 cm³/mol. The van der Waals surface area contributed by atoms with Gasteiger partial charge in [0.2, 0.25) is 5.88 Å². The van der Waals surface area contributed by atoms with Crippen LogP contribution in [0.4, 0.5) is 13.2 Å². The van der Waals surface area contributed by atoms with E-state index in [9.17, 15) is 23.2 Å². The number of ether oxygens (including phenoxy) is 1. The van der Waals surface area contributed by atoms with Gasteiger partial charge in [0, 0.05) is 31.6 Å². The molecule has 1 fully saturated rings. The first kappa shape index (κ1) is 25.3. The van der Waals surface area contributed by atoms with Gasteiger partial charge in [0.15, 0.2) is 5.69 Å². The van der Waals surface area contributed by atoms with E-state index < -0.39 is 11.9 Å². The van der Waals surface area contributed by atoms with Gasteiger partial charge in [0.05, 0.1) is 23.6 Å². The number of aryl methyl sites for hydroxylation is 3. The molecule has 3 aromatic rings. The number of aromatic nitrogens is 5. The van der Waals surface area contributed by atoms with Gasteiger partial charge in [0.25, 0.3) is 0 Å². The molecule has 0 radical (unpaired) electrons. The number of Topliss-reactive ketones (excluding diaryl/α,β-unsaturated/α-hetero) is 1. The third-order valence-corrected chi connectivity index (χ3v) is 5.93. The highest BCUT2D eigenvalue weighted by Crippen LogP contribution is 2.46. The van der Waals surface area contributed by atoms with Gasteiger partial charge >= 0.3 is 6.18 Å². The number of carbonyl (C=O) groups excluding carboxylic acids is 1. The second kappa shape index (κ2) is 10.0. The molecule has 0 bridgehead atoms. The fourth-order valence-corrected chi connectivity index (χ4v) is 4.21. The average Bonchev–Trinajstić information content (AvgIpc) is 3.57. The second-order valence-corrected chi connectivity index (χ2v) is 8.85. The Bertz CT molecular complexity index is 1340. The van der Waals surface area contributed by atoms with Crippen molar-refractivity contribution in [2.24, 2.45) is 7.05 Å². The van der Waals surface area contributed by atoms with Gasteiger partial charge in [-0.05, 0) is 62.3 Å². The zero-order valence-electron chi connectivity index (χ0n) is 20.2. The maximum atomic E-state index is 13.4. The number of halogens is 3. The molecule has 3 heterocycles. The quantitative estimate of drug-likeness (QED) is 0.428. The first-order valence-electron chi connectivity index (χ1n) is 11.6. The molecule has 8 nitrogen and oxygen atoms in total. The summed E-state index contributed by atoms with van der Waals surface area (Å²) in [5, 5.41) is 21.0. The lowest BCUT2D eigenvalue weighted by Crippen LogP contribution is -2.11. The first-order chi connectivity index (χ1) is 17.1. The van der Waals surface area contributed by atoms with Crippen molar-refractivity contribution in [3.8, 4) is 23.2 Å². The third-order valence-electron chi connectivity index (χ3n) is 5.93. The normalized spacial score (nSPS) is 13.5. The minimum Gasteiger partial charge on any atom is -0.478 e. The molecule has 1 aliphatic rings. The highest BCUT2D eigenvalue weighted by molar-refractivity contribution is 5.81. The van der Waals surface area contributed by atoms with Crippen LogP contribution in [0.2, 0.25) is 0 Å². The van der Waals surface area contributed by atoms with Crippen LogP contribution < -0.4 is 4.74 Å². The Kier molecular flexibility index (Phi) is 7.06. The molecule has 36 heavy (non-hydrogen) atoms. The highest BCUT2D eigenvalue weighted by atomic mass is 19.4. The topological polar surface area (TPSA) is 107 Å². The number of nitrogens with zero attached hydrogens (tertiary/aromatic N) is 6. The van der Waals surface area contributed by atoms with Crippen molar-refractivity contribution in [2.45, 2.75) is 58.0 Å². The van der Waals surface area contributed by atoms with Gasteiger partial charge in [0.1, 0.15) is 17.5 Å². The zero-order chi connectivity index (χ0) is 26.0. The number of nitriles is 1. The molecule has 0 aliphatic heterocycles. The number of pyridine rings is 1. The van der Waals surface area contributed by atoms with Crippen LogP contribution in [0, 0.1) is 18.3 Å². The molecule has 0 N–H and O–H groups in total. The van der Waals surface area contributed by atoms with Crippen molar-refractivity contribution in [1.29, 1.82) is 5.26 Å². The van der Waals surface area contributed by atoms with Crippen molar-refractivity contribution >= 4 is 5.78 Å². The largest absolute Gasteiger partial charge is 0.478 e. The Hall–Kier alpha value is -3.81. The Labute approximate surface area is 206 Å². The van der Waals surface area contributed by atoms with Gasteiger partial charge < -0.3 is 4.74 Å². The van der Waals surface area contributed by atoms with Gasteiger partial charge in [-0.15, -0.1) is 5.10 Å². The lowest BCUT2D eigenvalue weighted by molar-refractivity contribution is -0.141. The third kappa shape index (κ3) is 5.53. The van der Waals surface area contributed by atoms with Gasteiger partial charge in [-0.2, -0.15) is 28.6 Å². The Morgan fingerprint density at radius 2 is 2.03 bits per heavy atom. The van der Waals surface area contributed by atoms with E-state index in [0.717, 1.165) is 28.7 Å². The number of ketones is 1. The lowest BCUT2D eigenvalue weighted by atomic mass is 9.97. The molecule has 1 aliphatic carbocycles. The minimum absolute atomic E-state index is 0.0513. The van der Waals surface area contributed by atoms with Crippen LogP contribution >= 0.6 is 0 Å². The monoisotopic (exact) mass is 498 g/mol. The number of hydrogen-bond donors (Lipinski definition) is 0. The van der Waals surface area contributed by atoms with E-state index in [1.165, 1.54) is 13.2 Å². The summed E-state index contributed by atoms with van der Waals surface area (Å²) in [5.41, 5.74) is 1.83. The van der Waals surface area contributed by atoms with Crippen LogP contribution in [0.15, 0.2) is 18.3 Å². The maximum absolute atomic E-state index is 13.4. The van der Waals surface area contributed by atoms with Crippen LogP contribution in [-0.2, 0) is 30.9 Å². The van der Waals surface area contributed by atoms with E-state index in [4.69, 9.17) is 4.74 Å². The van der Waals surface area contributed by atoms with E-state index >= 15 is 0 Å². The molecule has 0 saturated heterocycles. The van der Waals surface area contributed by atoms with Crippen LogP contribution in [0.25, 0.3) is 11.3 Å². The molecule has 188 valence electrons. The fraction of sp³-hybridized carbons (Fsp3) is 0.440. The first-order valence-corrected chi connectivity index (χ1v) is 11.6. The molecule has 0 atom stereocenters. The molecular formula is C25H25F3N6O2. The van der Waals surface area contributed by atoms with Crippen molar-refractivity contribution in [2.75, 3.05) is 6.61 Å². The standard InChI is InChI=1S/C25H25F3N6O2/c1-4-36-24-21(15-5-6-15)16(10-18(12-29)30-24)11-19(35)8-7-17-9-14(2)22(32-31-17)20-13-34(3)33-23(20)25(26,27)28/h9-10,13,15H,4-8,11H2,1-3H3. The smallest absolute Gasteiger partial charge is 0.435 e. The van der Waals surface area contributed by atoms with Crippen molar-refractivity contribution < 1.29 is 22.7 Å². The molecule has 11 heteroatoms. The number of alkyl halides is 3. The SMILES string of the molecule is CCOc1nc(C#N)cc(CC(=O)CCc2cc(C)c(-c3cn(C)nc3C(F)(F)F)nn2)c1C1CC1. The van der Waals surface area contributed by atoms with Crippen LogP contribution in [0.5, 0.6) is 5.88 Å². The Morgan fingerprint density at radius 1 is 1.28 bits per heavy atom. The van der Waals surface area contributed by atoms with Crippen LogP contribution in [-0.4, -0.2) is 37.4 Å². The predicted octanol–water partition coefficient (Wildman–Crippen LogP) is 4.49. The average molecular weight is 499 g/mol. The van der Waals surface area contributed by atoms with Crippen LogP contribution in [0.1, 0.15) is 65.9 Å². The number of rotatable bonds is 9. The second-order valence-electron chi connectivity index (χ2n) is 8.85. The van der Waals surface area contributed by atoms with E-state index in [1.54, 1.807) is 19.1 Å². The minimum atomic E-state index is -4.62. The highest BCUT2D eigenvalue weighted by Gasteiger charge is 2.38. The summed E-state index contributed by atoms with van der Waals surface area (Å²) in [7, 11) is 1.41. The van der Waals surface area contributed by atoms with Crippen molar-refractivity contribution in [3.05, 3.63) is 52.1 Å². The molecule has 3 aromatic heterocycles. The fourth-order valence-electron chi connectivity index (χ4n) is 4.21.